The zero-order chi connectivity index (χ0) is 14.0. The molecule has 0 atom stereocenters. The van der Waals surface area contributed by atoms with Crippen LogP contribution < -0.4 is 0 Å². The fourth-order valence-corrected chi connectivity index (χ4v) is 1.47. The maximum Gasteiger partial charge on any atom is 0.433 e. The lowest BCUT2D eigenvalue weighted by Gasteiger charge is -2.07. The third-order valence-electron chi connectivity index (χ3n) is 2.26. The first-order valence-corrected chi connectivity index (χ1v) is 5.06. The van der Waals surface area contributed by atoms with Gasteiger partial charge >= 0.3 is 6.18 Å². The Morgan fingerprint density at radius 2 is 1.89 bits per heavy atom. The number of aromatic nitrogens is 2. The average Bonchev–Trinajstić information content (AvgIpc) is 2.37. The fourth-order valence-electron chi connectivity index (χ4n) is 1.47. The summed E-state index contributed by atoms with van der Waals surface area (Å²) in [6.07, 6.45) is -3.30. The first-order valence-electron chi connectivity index (χ1n) is 5.06. The summed E-state index contributed by atoms with van der Waals surface area (Å²) in [4.78, 5) is 17.5. The lowest BCUT2D eigenvalue weighted by molar-refractivity contribution is -0.141. The zero-order valence-corrected chi connectivity index (χ0v) is 9.28. The number of alkyl halides is 3. The molecule has 0 radical (unpaired) electrons. The summed E-state index contributed by atoms with van der Waals surface area (Å²) < 4.78 is 50.7. The van der Waals surface area contributed by atoms with Crippen LogP contribution in [0.3, 0.4) is 0 Å². The van der Waals surface area contributed by atoms with Gasteiger partial charge in [-0.25, -0.2) is 14.4 Å². The molecule has 0 bridgehead atoms. The Labute approximate surface area is 104 Å². The van der Waals surface area contributed by atoms with E-state index in [9.17, 15) is 22.4 Å². The Morgan fingerprint density at radius 3 is 2.53 bits per heavy atom. The van der Waals surface area contributed by atoms with Crippen LogP contribution in [0.4, 0.5) is 17.6 Å². The third kappa shape index (κ3) is 2.93. The van der Waals surface area contributed by atoms with E-state index in [0.717, 1.165) is 18.3 Å². The molecule has 0 fully saturated rings. The predicted molar refractivity (Wildman–Crippen MR) is 57.8 cm³/mol. The molecule has 1 aromatic carbocycles. The summed E-state index contributed by atoms with van der Waals surface area (Å²) in [7, 11) is 0. The molecule has 0 amide bonds. The molecule has 0 aliphatic carbocycles. The van der Waals surface area contributed by atoms with Crippen LogP contribution in [0, 0.1) is 5.82 Å². The predicted octanol–water partition coefficient (Wildman–Crippen LogP) is 3.11. The molecule has 0 aliphatic heterocycles. The maximum atomic E-state index is 13.2. The number of hydrogen-bond acceptors (Lipinski definition) is 3. The van der Waals surface area contributed by atoms with Crippen molar-refractivity contribution in [3.8, 4) is 11.4 Å². The molecular formula is C12H6F4N2O. The SMILES string of the molecule is O=Cc1cc(F)cc(-c2nccc(C(F)(F)F)n2)c1. The summed E-state index contributed by atoms with van der Waals surface area (Å²) in [6.45, 7) is 0. The monoisotopic (exact) mass is 270 g/mol. The van der Waals surface area contributed by atoms with Gasteiger partial charge in [0.25, 0.3) is 0 Å². The smallest absolute Gasteiger partial charge is 0.298 e. The van der Waals surface area contributed by atoms with Gasteiger partial charge in [0.05, 0.1) is 0 Å². The van der Waals surface area contributed by atoms with Crippen molar-refractivity contribution in [2.24, 2.45) is 0 Å². The summed E-state index contributed by atoms with van der Waals surface area (Å²) in [5.74, 6) is -1.04. The quantitative estimate of drug-likeness (QED) is 0.622. The number of rotatable bonds is 2. The van der Waals surface area contributed by atoms with Crippen molar-refractivity contribution in [1.29, 1.82) is 0 Å². The molecule has 98 valence electrons. The molecule has 0 saturated heterocycles. The number of halogens is 4. The highest BCUT2D eigenvalue weighted by atomic mass is 19.4. The minimum absolute atomic E-state index is 0.00369. The number of benzene rings is 1. The van der Waals surface area contributed by atoms with Crippen molar-refractivity contribution in [3.63, 3.8) is 0 Å². The van der Waals surface area contributed by atoms with Crippen LogP contribution in [0.15, 0.2) is 30.5 Å². The van der Waals surface area contributed by atoms with Gasteiger partial charge in [0.2, 0.25) is 0 Å². The summed E-state index contributed by atoms with van der Waals surface area (Å²) in [6, 6.07) is 3.85. The summed E-state index contributed by atoms with van der Waals surface area (Å²) in [5, 5.41) is 0. The Bertz CT molecular complexity index is 625. The van der Waals surface area contributed by atoms with Gasteiger partial charge in [-0.05, 0) is 24.3 Å². The molecule has 0 spiro atoms. The first kappa shape index (κ1) is 13.1. The largest absolute Gasteiger partial charge is 0.433 e. The number of nitrogens with zero attached hydrogens (tertiary/aromatic N) is 2. The Balaban J connectivity index is 2.53. The summed E-state index contributed by atoms with van der Waals surface area (Å²) in [5.41, 5.74) is -1.13. The van der Waals surface area contributed by atoms with Crippen molar-refractivity contribution in [2.45, 2.75) is 6.18 Å². The molecule has 1 heterocycles. The van der Waals surface area contributed by atoms with Gasteiger partial charge in [-0.2, -0.15) is 13.2 Å². The van der Waals surface area contributed by atoms with Gasteiger partial charge in [-0.1, -0.05) is 0 Å². The van der Waals surface area contributed by atoms with Gasteiger partial charge in [-0.3, -0.25) is 4.79 Å². The van der Waals surface area contributed by atoms with Crippen LogP contribution in [0.25, 0.3) is 11.4 Å². The first-order chi connectivity index (χ1) is 8.90. The number of carbonyl (C=O) groups is 1. The Hall–Kier alpha value is -2.31. The van der Waals surface area contributed by atoms with E-state index in [1.807, 2.05) is 0 Å². The minimum Gasteiger partial charge on any atom is -0.298 e. The van der Waals surface area contributed by atoms with Crippen LogP contribution >= 0.6 is 0 Å². The lowest BCUT2D eigenvalue weighted by atomic mass is 10.1. The standard InChI is InChI=1S/C12H6F4N2O/c13-9-4-7(6-19)3-8(5-9)11-17-2-1-10(18-11)12(14,15)16/h1-6H. The molecular weight excluding hydrogens is 264 g/mol. The highest BCUT2D eigenvalue weighted by Crippen LogP contribution is 2.28. The van der Waals surface area contributed by atoms with Crippen LogP contribution in [0.1, 0.15) is 16.1 Å². The van der Waals surface area contributed by atoms with Crippen molar-refractivity contribution < 1.29 is 22.4 Å². The van der Waals surface area contributed by atoms with Gasteiger partial charge in [0, 0.05) is 17.3 Å². The van der Waals surface area contributed by atoms with E-state index in [0.29, 0.717) is 12.4 Å². The third-order valence-corrected chi connectivity index (χ3v) is 2.26. The normalized spacial score (nSPS) is 11.4. The number of hydrogen-bond donors (Lipinski definition) is 0. The van der Waals surface area contributed by atoms with Crippen molar-refractivity contribution in [3.05, 3.63) is 47.5 Å². The molecule has 0 N–H and O–H groups in total. The van der Waals surface area contributed by atoms with E-state index in [2.05, 4.69) is 9.97 Å². The molecule has 3 nitrogen and oxygen atoms in total. The molecule has 2 rings (SSSR count). The molecule has 2 aromatic rings. The molecule has 0 aliphatic rings. The molecule has 7 heteroatoms. The van der Waals surface area contributed by atoms with E-state index in [1.54, 1.807) is 0 Å². The second kappa shape index (κ2) is 4.75. The van der Waals surface area contributed by atoms with Gasteiger partial charge in [-0.15, -0.1) is 0 Å². The number of carbonyl (C=O) groups excluding carboxylic acids is 1. The van der Waals surface area contributed by atoms with Crippen LogP contribution in [0.5, 0.6) is 0 Å². The van der Waals surface area contributed by atoms with Gasteiger partial charge in [0.15, 0.2) is 5.82 Å². The van der Waals surface area contributed by atoms with Crippen molar-refractivity contribution in [2.75, 3.05) is 0 Å². The van der Waals surface area contributed by atoms with Crippen molar-refractivity contribution in [1.82, 2.24) is 9.97 Å². The van der Waals surface area contributed by atoms with E-state index in [4.69, 9.17) is 0 Å². The second-order valence-corrected chi connectivity index (χ2v) is 3.65. The van der Waals surface area contributed by atoms with E-state index in [-0.39, 0.29) is 17.0 Å². The summed E-state index contributed by atoms with van der Waals surface area (Å²) >= 11 is 0. The van der Waals surface area contributed by atoms with E-state index in [1.165, 1.54) is 6.07 Å². The molecule has 0 unspecified atom stereocenters. The molecule has 1 aromatic heterocycles. The molecule has 19 heavy (non-hydrogen) atoms. The lowest BCUT2D eigenvalue weighted by Crippen LogP contribution is -2.09. The van der Waals surface area contributed by atoms with Crippen molar-refractivity contribution >= 4 is 6.29 Å². The minimum atomic E-state index is -4.61. The topological polar surface area (TPSA) is 42.9 Å². The highest BCUT2D eigenvalue weighted by molar-refractivity contribution is 5.77. The average molecular weight is 270 g/mol. The van der Waals surface area contributed by atoms with E-state index < -0.39 is 17.7 Å². The van der Waals surface area contributed by atoms with E-state index >= 15 is 0 Å². The number of aldehydes is 1. The maximum absolute atomic E-state index is 13.2. The van der Waals surface area contributed by atoms with Crippen LogP contribution in [-0.4, -0.2) is 16.3 Å². The van der Waals surface area contributed by atoms with Gasteiger partial charge < -0.3 is 0 Å². The van der Waals surface area contributed by atoms with Crippen LogP contribution in [-0.2, 0) is 6.18 Å². The highest BCUT2D eigenvalue weighted by Gasteiger charge is 2.32. The fraction of sp³-hybridized carbons (Fsp3) is 0.0833. The zero-order valence-electron chi connectivity index (χ0n) is 9.28. The van der Waals surface area contributed by atoms with Gasteiger partial charge in [0.1, 0.15) is 17.8 Å². The second-order valence-electron chi connectivity index (χ2n) is 3.65. The Kier molecular flexibility index (Phi) is 3.28. The van der Waals surface area contributed by atoms with Crippen LogP contribution in [0.2, 0.25) is 0 Å². The molecule has 0 saturated carbocycles. The Morgan fingerprint density at radius 1 is 1.16 bits per heavy atom.